The molecule has 0 amide bonds. The fraction of sp³-hybridized carbons (Fsp3) is 0.444. The van der Waals surface area contributed by atoms with Gasteiger partial charge in [0, 0.05) is 0 Å². The number of ether oxygens (including phenoxy) is 1. The molecule has 6 heteroatoms. The van der Waals surface area contributed by atoms with Gasteiger partial charge in [-0.3, -0.25) is 0 Å². The highest BCUT2D eigenvalue weighted by Gasteiger charge is 2.14. The van der Waals surface area contributed by atoms with E-state index < -0.39 is 6.04 Å². The molecule has 0 saturated carbocycles. The Hall–Kier alpha value is -1.36. The van der Waals surface area contributed by atoms with Gasteiger partial charge in [-0.15, -0.1) is 0 Å². The molecule has 0 aliphatic carbocycles. The number of halogens is 1. The van der Waals surface area contributed by atoms with Crippen molar-refractivity contribution in [1.29, 1.82) is 0 Å². The average Bonchev–Trinajstić information content (AvgIpc) is 2.22. The maximum Gasteiger partial charge on any atom is 0.328 e. The van der Waals surface area contributed by atoms with Gasteiger partial charge in [-0.05, 0) is 13.8 Å². The van der Waals surface area contributed by atoms with E-state index in [0.717, 1.165) is 0 Å². The van der Waals surface area contributed by atoms with E-state index >= 15 is 0 Å². The lowest BCUT2D eigenvalue weighted by Gasteiger charge is -2.11. The van der Waals surface area contributed by atoms with Gasteiger partial charge in [-0.1, -0.05) is 11.6 Å². The molecule has 1 rings (SSSR count). The summed E-state index contributed by atoms with van der Waals surface area (Å²) in [6, 6.07) is -0.480. The quantitative estimate of drug-likeness (QED) is 0.793. The number of rotatable bonds is 4. The highest BCUT2D eigenvalue weighted by molar-refractivity contribution is 6.30. The van der Waals surface area contributed by atoms with E-state index in [1.165, 1.54) is 12.4 Å². The third-order valence-corrected chi connectivity index (χ3v) is 1.80. The first-order chi connectivity index (χ1) is 7.13. The first-order valence-corrected chi connectivity index (χ1v) is 4.92. The van der Waals surface area contributed by atoms with Gasteiger partial charge in [0.2, 0.25) is 5.95 Å². The van der Waals surface area contributed by atoms with Crippen molar-refractivity contribution in [2.45, 2.75) is 19.9 Å². The first kappa shape index (κ1) is 11.7. The summed E-state index contributed by atoms with van der Waals surface area (Å²) in [5.41, 5.74) is 0. The van der Waals surface area contributed by atoms with Crippen LogP contribution in [-0.4, -0.2) is 28.6 Å². The van der Waals surface area contributed by atoms with E-state index in [9.17, 15) is 4.79 Å². The molecule has 82 valence electrons. The number of carbonyl (C=O) groups excluding carboxylic acids is 1. The number of nitrogens with one attached hydrogen (secondary N) is 1. The van der Waals surface area contributed by atoms with Crippen LogP contribution in [0.3, 0.4) is 0 Å². The molecule has 1 heterocycles. The van der Waals surface area contributed by atoms with Gasteiger partial charge in [-0.25, -0.2) is 14.8 Å². The minimum Gasteiger partial charge on any atom is -0.464 e. The highest BCUT2D eigenvalue weighted by atomic mass is 35.5. The van der Waals surface area contributed by atoms with Crippen LogP contribution in [0.15, 0.2) is 12.4 Å². The predicted molar refractivity (Wildman–Crippen MR) is 56.8 cm³/mol. The van der Waals surface area contributed by atoms with Crippen LogP contribution >= 0.6 is 11.6 Å². The lowest BCUT2D eigenvalue weighted by molar-refractivity contribution is -0.143. The molecular weight excluding hydrogens is 218 g/mol. The van der Waals surface area contributed by atoms with Crippen molar-refractivity contribution < 1.29 is 9.53 Å². The van der Waals surface area contributed by atoms with Crippen LogP contribution in [0.4, 0.5) is 5.95 Å². The Morgan fingerprint density at radius 3 is 2.73 bits per heavy atom. The molecule has 0 aromatic carbocycles. The van der Waals surface area contributed by atoms with E-state index in [0.29, 0.717) is 17.6 Å². The molecule has 0 spiro atoms. The number of carbonyl (C=O) groups is 1. The van der Waals surface area contributed by atoms with Crippen LogP contribution in [0.2, 0.25) is 5.02 Å². The summed E-state index contributed by atoms with van der Waals surface area (Å²) in [6.07, 6.45) is 2.91. The normalized spacial score (nSPS) is 11.9. The van der Waals surface area contributed by atoms with Crippen molar-refractivity contribution in [3.05, 3.63) is 17.4 Å². The van der Waals surface area contributed by atoms with Crippen molar-refractivity contribution in [1.82, 2.24) is 9.97 Å². The second-order valence-electron chi connectivity index (χ2n) is 2.84. The van der Waals surface area contributed by atoms with E-state index in [-0.39, 0.29) is 5.97 Å². The molecule has 0 aliphatic heterocycles. The highest BCUT2D eigenvalue weighted by Crippen LogP contribution is 2.06. The average molecular weight is 230 g/mol. The summed E-state index contributed by atoms with van der Waals surface area (Å²) >= 11 is 5.62. The maximum absolute atomic E-state index is 11.2. The summed E-state index contributed by atoms with van der Waals surface area (Å²) in [4.78, 5) is 19.0. The Balaban J connectivity index is 2.54. The Morgan fingerprint density at radius 2 is 2.20 bits per heavy atom. The van der Waals surface area contributed by atoms with Crippen LogP contribution in [0.1, 0.15) is 13.8 Å². The van der Waals surface area contributed by atoms with Crippen LogP contribution in [0, 0.1) is 0 Å². The van der Waals surface area contributed by atoms with Crippen molar-refractivity contribution >= 4 is 23.5 Å². The van der Waals surface area contributed by atoms with Crippen molar-refractivity contribution in [3.8, 4) is 0 Å². The molecule has 1 aromatic rings. The molecule has 15 heavy (non-hydrogen) atoms. The topological polar surface area (TPSA) is 64.1 Å². The molecule has 0 bridgehead atoms. The second-order valence-corrected chi connectivity index (χ2v) is 3.28. The smallest absolute Gasteiger partial charge is 0.328 e. The number of hydrogen-bond acceptors (Lipinski definition) is 5. The van der Waals surface area contributed by atoms with Crippen molar-refractivity contribution in [2.75, 3.05) is 11.9 Å². The molecule has 1 N–H and O–H groups in total. The van der Waals surface area contributed by atoms with Gasteiger partial charge in [0.15, 0.2) is 0 Å². The number of anilines is 1. The molecule has 1 unspecified atom stereocenters. The van der Waals surface area contributed by atoms with E-state index in [1.807, 2.05) is 0 Å². The molecule has 0 aliphatic rings. The number of hydrogen-bond donors (Lipinski definition) is 1. The zero-order valence-corrected chi connectivity index (χ0v) is 9.28. The number of esters is 1. The molecule has 0 saturated heterocycles. The maximum atomic E-state index is 11.2. The largest absolute Gasteiger partial charge is 0.464 e. The van der Waals surface area contributed by atoms with Crippen LogP contribution in [0.25, 0.3) is 0 Å². The summed E-state index contributed by atoms with van der Waals surface area (Å²) in [5, 5.41) is 3.25. The standard InChI is InChI=1S/C9H12ClN3O2/c1-3-15-8(14)6(2)13-9-11-4-7(10)5-12-9/h4-6H,3H2,1-2H3,(H,11,12,13). The van der Waals surface area contributed by atoms with Gasteiger partial charge in [-0.2, -0.15) is 0 Å². The Kier molecular flexibility index (Phi) is 4.30. The molecule has 1 atom stereocenters. The first-order valence-electron chi connectivity index (χ1n) is 4.54. The number of nitrogens with zero attached hydrogens (tertiary/aromatic N) is 2. The molecule has 1 aromatic heterocycles. The second kappa shape index (κ2) is 5.50. The van der Waals surface area contributed by atoms with Gasteiger partial charge in [0.25, 0.3) is 0 Å². The zero-order chi connectivity index (χ0) is 11.3. The lowest BCUT2D eigenvalue weighted by atomic mass is 10.3. The fourth-order valence-electron chi connectivity index (χ4n) is 0.907. The molecule has 0 radical (unpaired) electrons. The van der Waals surface area contributed by atoms with Gasteiger partial charge in [0.05, 0.1) is 24.0 Å². The third kappa shape index (κ3) is 3.71. The van der Waals surface area contributed by atoms with Crippen molar-refractivity contribution in [3.63, 3.8) is 0 Å². The van der Waals surface area contributed by atoms with Gasteiger partial charge in [0.1, 0.15) is 6.04 Å². The number of aromatic nitrogens is 2. The Morgan fingerprint density at radius 1 is 1.60 bits per heavy atom. The summed E-state index contributed by atoms with van der Waals surface area (Å²) in [7, 11) is 0. The monoisotopic (exact) mass is 229 g/mol. The van der Waals surface area contributed by atoms with E-state index in [4.69, 9.17) is 16.3 Å². The minimum atomic E-state index is -0.480. The third-order valence-electron chi connectivity index (χ3n) is 1.61. The SMILES string of the molecule is CCOC(=O)C(C)Nc1ncc(Cl)cn1. The Bertz CT molecular complexity index is 329. The summed E-state index contributed by atoms with van der Waals surface area (Å²) in [5.74, 6) is 0.0102. The van der Waals surface area contributed by atoms with Crippen LogP contribution < -0.4 is 5.32 Å². The summed E-state index contributed by atoms with van der Waals surface area (Å²) < 4.78 is 4.82. The van der Waals surface area contributed by atoms with Gasteiger partial charge < -0.3 is 10.1 Å². The fourth-order valence-corrected chi connectivity index (χ4v) is 1.00. The molecule has 5 nitrogen and oxygen atoms in total. The van der Waals surface area contributed by atoms with Gasteiger partial charge >= 0.3 is 5.97 Å². The minimum absolute atomic E-state index is 0.337. The Labute approximate surface area is 92.8 Å². The summed E-state index contributed by atoms with van der Waals surface area (Å²) in [6.45, 7) is 3.78. The zero-order valence-electron chi connectivity index (χ0n) is 8.53. The van der Waals surface area contributed by atoms with Crippen LogP contribution in [0.5, 0.6) is 0 Å². The molecule has 0 fully saturated rings. The lowest BCUT2D eigenvalue weighted by Crippen LogP contribution is -2.28. The van der Waals surface area contributed by atoms with E-state index in [2.05, 4.69) is 15.3 Å². The van der Waals surface area contributed by atoms with Crippen LogP contribution in [-0.2, 0) is 9.53 Å². The molecular formula is C9H12ClN3O2. The van der Waals surface area contributed by atoms with Crippen molar-refractivity contribution in [2.24, 2.45) is 0 Å². The van der Waals surface area contributed by atoms with E-state index in [1.54, 1.807) is 13.8 Å². The predicted octanol–water partition coefficient (Wildman–Crippen LogP) is 1.49.